The van der Waals surface area contributed by atoms with Crippen LogP contribution in [-0.4, -0.2) is 46.1 Å². The Kier molecular flexibility index (Phi) is 8.63. The van der Waals surface area contributed by atoms with Gasteiger partial charge in [-0.3, -0.25) is 9.10 Å². The number of carbonyl (C=O) groups excluding carboxylic acids is 1. The van der Waals surface area contributed by atoms with Gasteiger partial charge >= 0.3 is 0 Å². The van der Waals surface area contributed by atoms with Gasteiger partial charge in [0.25, 0.3) is 5.91 Å². The molecular weight excluding hydrogens is 418 g/mol. The molecule has 0 saturated carbocycles. The van der Waals surface area contributed by atoms with Crippen molar-refractivity contribution < 1.29 is 22.7 Å². The fourth-order valence-corrected chi connectivity index (χ4v) is 3.96. The molecule has 0 radical (unpaired) electrons. The second-order valence-corrected chi connectivity index (χ2v) is 8.40. The van der Waals surface area contributed by atoms with E-state index in [-0.39, 0.29) is 0 Å². The summed E-state index contributed by atoms with van der Waals surface area (Å²) in [6, 6.07) is 12.6. The predicted molar refractivity (Wildman–Crippen MR) is 122 cm³/mol. The molecule has 0 aliphatic rings. The van der Waals surface area contributed by atoms with E-state index in [9.17, 15) is 13.2 Å². The number of benzene rings is 2. The maximum Gasteiger partial charge on any atom is 0.263 e. The second-order valence-electron chi connectivity index (χ2n) is 6.54. The monoisotopic (exact) mass is 445 g/mol. The van der Waals surface area contributed by atoms with Gasteiger partial charge in [0.15, 0.2) is 11.5 Å². The maximum atomic E-state index is 12.6. The highest BCUT2D eigenvalue weighted by Gasteiger charge is 2.28. The molecule has 2 rings (SSSR count). The number of sulfonamides is 1. The van der Waals surface area contributed by atoms with E-state index in [1.165, 1.54) is 13.1 Å². The first kappa shape index (κ1) is 23.9. The average molecular weight is 446 g/mol. The molecule has 8 nitrogen and oxygen atoms in total. The fraction of sp³-hybridized carbons (Fsp3) is 0.273. The standard InChI is InChI=1S/C22H27N3O5S/c1-5-14-30-20-13-12-18(15-21(20)29-6-2)16-23-24-22(26)17(3)25(31(4,27)28)19-10-8-7-9-11-19/h5,7-13,15-17H,1,6,14H2,2-4H3,(H,24,26)/b23-16-/t17-/m1/s1. The third kappa shape index (κ3) is 6.85. The fourth-order valence-electron chi connectivity index (χ4n) is 2.79. The second kappa shape index (κ2) is 11.2. The zero-order chi connectivity index (χ0) is 22.9. The van der Waals surface area contributed by atoms with Gasteiger partial charge in [-0.05, 0) is 49.7 Å². The number of hydrogen-bond acceptors (Lipinski definition) is 6. The Labute approximate surface area is 183 Å². The Balaban J connectivity index is 2.13. The van der Waals surface area contributed by atoms with E-state index in [2.05, 4.69) is 17.1 Å². The van der Waals surface area contributed by atoms with Gasteiger partial charge in [0.2, 0.25) is 10.0 Å². The summed E-state index contributed by atoms with van der Waals surface area (Å²) in [5.41, 5.74) is 3.46. The first-order valence-corrected chi connectivity index (χ1v) is 11.5. The quantitative estimate of drug-likeness (QED) is 0.326. The summed E-state index contributed by atoms with van der Waals surface area (Å²) in [6.45, 7) is 7.78. The molecule has 0 aromatic heterocycles. The number of anilines is 1. The van der Waals surface area contributed by atoms with Crippen molar-refractivity contribution in [1.82, 2.24) is 5.43 Å². The van der Waals surface area contributed by atoms with Crippen molar-refractivity contribution in [1.29, 1.82) is 0 Å². The molecule has 31 heavy (non-hydrogen) atoms. The van der Waals surface area contributed by atoms with Gasteiger partial charge in [0.1, 0.15) is 12.6 Å². The largest absolute Gasteiger partial charge is 0.490 e. The molecule has 0 aliphatic heterocycles. The molecule has 1 atom stereocenters. The Bertz CT molecular complexity index is 1020. The lowest BCUT2D eigenvalue weighted by molar-refractivity contribution is -0.121. The van der Waals surface area contributed by atoms with Crippen LogP contribution < -0.4 is 19.2 Å². The minimum absolute atomic E-state index is 0.347. The van der Waals surface area contributed by atoms with Crippen LogP contribution in [0.3, 0.4) is 0 Å². The number of nitrogens with one attached hydrogen (secondary N) is 1. The minimum atomic E-state index is -3.68. The van der Waals surface area contributed by atoms with E-state index >= 15 is 0 Å². The zero-order valence-corrected chi connectivity index (χ0v) is 18.6. The first-order valence-electron chi connectivity index (χ1n) is 9.65. The third-order valence-corrected chi connectivity index (χ3v) is 5.35. The molecule has 2 aromatic carbocycles. The topological polar surface area (TPSA) is 97.3 Å². The van der Waals surface area contributed by atoms with Crippen LogP contribution in [0, 0.1) is 0 Å². The smallest absolute Gasteiger partial charge is 0.263 e. The maximum absolute atomic E-state index is 12.6. The first-order chi connectivity index (χ1) is 14.8. The van der Waals surface area contributed by atoms with E-state index < -0.39 is 22.0 Å². The number of ether oxygens (including phenoxy) is 2. The van der Waals surface area contributed by atoms with Crippen LogP contribution in [0.4, 0.5) is 5.69 Å². The molecule has 1 N–H and O–H groups in total. The number of para-hydroxylation sites is 1. The molecule has 0 heterocycles. The molecule has 0 saturated heterocycles. The van der Waals surface area contributed by atoms with Crippen molar-refractivity contribution in [2.45, 2.75) is 19.9 Å². The van der Waals surface area contributed by atoms with Crippen LogP contribution in [0.25, 0.3) is 0 Å². The summed E-state index contributed by atoms with van der Waals surface area (Å²) in [7, 11) is -3.68. The number of hydrogen-bond donors (Lipinski definition) is 1. The van der Waals surface area contributed by atoms with Gasteiger partial charge < -0.3 is 9.47 Å². The van der Waals surface area contributed by atoms with Crippen molar-refractivity contribution in [2.75, 3.05) is 23.8 Å². The predicted octanol–water partition coefficient (Wildman–Crippen LogP) is 2.95. The molecule has 1 amide bonds. The Hall–Kier alpha value is -3.33. The van der Waals surface area contributed by atoms with Crippen molar-refractivity contribution in [2.24, 2.45) is 5.10 Å². The van der Waals surface area contributed by atoms with Crippen molar-refractivity contribution in [3.05, 3.63) is 66.7 Å². The van der Waals surface area contributed by atoms with Crippen LogP contribution in [0.2, 0.25) is 0 Å². The van der Waals surface area contributed by atoms with Crippen molar-refractivity contribution >= 4 is 27.8 Å². The normalized spacial score (nSPS) is 12.2. The van der Waals surface area contributed by atoms with E-state index in [1.807, 2.05) is 6.92 Å². The number of carbonyl (C=O) groups is 1. The summed E-state index contributed by atoms with van der Waals surface area (Å²) < 4.78 is 36.7. The molecule has 0 unspecified atom stereocenters. The van der Waals surface area contributed by atoms with Gasteiger partial charge in [-0.25, -0.2) is 13.8 Å². The zero-order valence-electron chi connectivity index (χ0n) is 17.8. The van der Waals surface area contributed by atoms with Gasteiger partial charge in [-0.15, -0.1) is 0 Å². The van der Waals surface area contributed by atoms with E-state index in [1.54, 1.807) is 54.6 Å². The molecule has 0 bridgehead atoms. The van der Waals surface area contributed by atoms with Crippen molar-refractivity contribution in [3.8, 4) is 11.5 Å². The third-order valence-electron chi connectivity index (χ3n) is 4.11. The Morgan fingerprint density at radius 2 is 1.90 bits per heavy atom. The molecular formula is C22H27N3O5S. The lowest BCUT2D eigenvalue weighted by atomic mass is 10.2. The molecule has 0 fully saturated rings. The summed E-state index contributed by atoms with van der Waals surface area (Å²) >= 11 is 0. The minimum Gasteiger partial charge on any atom is -0.490 e. The summed E-state index contributed by atoms with van der Waals surface area (Å²) in [4.78, 5) is 12.6. The highest BCUT2D eigenvalue weighted by Crippen LogP contribution is 2.28. The van der Waals surface area contributed by atoms with Crippen molar-refractivity contribution in [3.63, 3.8) is 0 Å². The average Bonchev–Trinajstić information content (AvgIpc) is 2.73. The Morgan fingerprint density at radius 1 is 1.19 bits per heavy atom. The molecule has 9 heteroatoms. The van der Waals surface area contributed by atoms with E-state index in [0.29, 0.717) is 36.0 Å². The molecule has 0 aliphatic carbocycles. The molecule has 166 valence electrons. The number of hydrazone groups is 1. The highest BCUT2D eigenvalue weighted by molar-refractivity contribution is 7.92. The highest BCUT2D eigenvalue weighted by atomic mass is 32.2. The van der Waals surface area contributed by atoms with E-state index in [0.717, 1.165) is 10.6 Å². The number of rotatable bonds is 11. The van der Waals surface area contributed by atoms with Crippen LogP contribution >= 0.6 is 0 Å². The van der Waals surface area contributed by atoms with Gasteiger partial charge in [0, 0.05) is 0 Å². The van der Waals surface area contributed by atoms with Crippen LogP contribution in [0.15, 0.2) is 66.3 Å². The number of amides is 1. The molecule has 2 aromatic rings. The van der Waals surface area contributed by atoms with Gasteiger partial charge in [0.05, 0.1) is 24.8 Å². The van der Waals surface area contributed by atoms with Crippen LogP contribution in [0.5, 0.6) is 11.5 Å². The summed E-state index contributed by atoms with van der Waals surface area (Å²) in [5, 5.41) is 3.96. The van der Waals surface area contributed by atoms with Crippen LogP contribution in [-0.2, 0) is 14.8 Å². The van der Waals surface area contributed by atoms with Gasteiger partial charge in [-0.1, -0.05) is 30.9 Å². The Morgan fingerprint density at radius 3 is 2.52 bits per heavy atom. The summed E-state index contributed by atoms with van der Waals surface area (Å²) in [6.07, 6.45) is 4.13. The van der Waals surface area contributed by atoms with Gasteiger partial charge in [-0.2, -0.15) is 5.10 Å². The van der Waals surface area contributed by atoms with E-state index in [4.69, 9.17) is 9.47 Å². The van der Waals surface area contributed by atoms with Crippen LogP contribution in [0.1, 0.15) is 19.4 Å². The molecule has 0 spiro atoms. The summed E-state index contributed by atoms with van der Waals surface area (Å²) in [5.74, 6) is 0.546. The lowest BCUT2D eigenvalue weighted by Gasteiger charge is -2.27. The SMILES string of the molecule is C=CCOc1ccc(/C=N\NC(=O)[C@@H](C)N(c2ccccc2)S(C)(=O)=O)cc1OCC. The number of nitrogens with zero attached hydrogens (tertiary/aromatic N) is 2. The lowest BCUT2D eigenvalue weighted by Crippen LogP contribution is -2.46.